The fourth-order valence-corrected chi connectivity index (χ4v) is 3.89. The first-order valence-corrected chi connectivity index (χ1v) is 9.36. The molecule has 3 N–H and O–H groups in total. The smallest absolute Gasteiger partial charge is 0.241 e. The highest BCUT2D eigenvalue weighted by atomic mass is 16.2. The first-order valence-electron chi connectivity index (χ1n) is 9.36. The van der Waals surface area contributed by atoms with Gasteiger partial charge in [0.05, 0.1) is 6.04 Å². The highest BCUT2D eigenvalue weighted by molar-refractivity contribution is 5.95. The number of nitrogens with two attached hydrogens (primary N) is 1. The van der Waals surface area contributed by atoms with Crippen molar-refractivity contribution < 1.29 is 4.79 Å². The number of benzene rings is 2. The lowest BCUT2D eigenvalue weighted by Crippen LogP contribution is -2.41. The number of hydrogen-bond acceptors (Lipinski definition) is 3. The Bertz CT molecular complexity index is 759. The van der Waals surface area contributed by atoms with Crippen LogP contribution in [0.25, 0.3) is 0 Å². The number of rotatable bonds is 5. The van der Waals surface area contributed by atoms with Crippen molar-refractivity contribution in [3.8, 4) is 0 Å². The molecule has 1 aliphatic rings. The number of amides is 1. The third-order valence-electron chi connectivity index (χ3n) is 5.57. The second-order valence-electron chi connectivity index (χ2n) is 7.45. The second-order valence-corrected chi connectivity index (χ2v) is 7.45. The van der Waals surface area contributed by atoms with Gasteiger partial charge in [-0.2, -0.15) is 0 Å². The maximum Gasteiger partial charge on any atom is 0.241 e. The van der Waals surface area contributed by atoms with E-state index >= 15 is 0 Å². The number of anilines is 1. The summed E-state index contributed by atoms with van der Waals surface area (Å²) in [6.07, 6.45) is 0. The van der Waals surface area contributed by atoms with Gasteiger partial charge in [0.25, 0.3) is 0 Å². The van der Waals surface area contributed by atoms with Crippen LogP contribution in [0, 0.1) is 19.8 Å². The van der Waals surface area contributed by atoms with Crippen LogP contribution in [0.1, 0.15) is 29.5 Å². The summed E-state index contributed by atoms with van der Waals surface area (Å²) in [6, 6.07) is 16.4. The van der Waals surface area contributed by atoms with E-state index in [4.69, 9.17) is 5.73 Å². The highest BCUT2D eigenvalue weighted by Crippen LogP contribution is 2.33. The summed E-state index contributed by atoms with van der Waals surface area (Å²) < 4.78 is 0. The van der Waals surface area contributed by atoms with Crippen LogP contribution in [0.3, 0.4) is 0 Å². The summed E-state index contributed by atoms with van der Waals surface area (Å²) in [7, 11) is 0. The largest absolute Gasteiger partial charge is 0.330 e. The topological polar surface area (TPSA) is 58.4 Å². The van der Waals surface area contributed by atoms with Gasteiger partial charge in [-0.25, -0.2) is 0 Å². The first kappa shape index (κ1) is 18.6. The van der Waals surface area contributed by atoms with Gasteiger partial charge in [-0.3, -0.25) is 9.69 Å². The molecule has 0 aromatic heterocycles. The summed E-state index contributed by atoms with van der Waals surface area (Å²) in [4.78, 5) is 15.0. The Labute approximate surface area is 156 Å². The lowest BCUT2D eigenvalue weighted by molar-refractivity contribution is -0.120. The number of nitrogens with one attached hydrogen (secondary N) is 1. The minimum atomic E-state index is -0.182. The molecule has 4 nitrogen and oxygen atoms in total. The van der Waals surface area contributed by atoms with Crippen LogP contribution in [0.15, 0.2) is 48.5 Å². The van der Waals surface area contributed by atoms with E-state index in [1.54, 1.807) is 0 Å². The zero-order valence-corrected chi connectivity index (χ0v) is 15.9. The maximum atomic E-state index is 12.8. The number of hydrogen-bond donors (Lipinski definition) is 2. The van der Waals surface area contributed by atoms with Gasteiger partial charge in [0.15, 0.2) is 0 Å². The molecule has 0 spiro atoms. The summed E-state index contributed by atoms with van der Waals surface area (Å²) >= 11 is 0. The monoisotopic (exact) mass is 351 g/mol. The second kappa shape index (κ2) is 8.02. The van der Waals surface area contributed by atoms with E-state index in [1.807, 2.05) is 32.0 Å². The van der Waals surface area contributed by atoms with Gasteiger partial charge in [0, 0.05) is 24.7 Å². The third kappa shape index (κ3) is 3.97. The quantitative estimate of drug-likeness (QED) is 0.869. The molecule has 0 radical (unpaired) electrons. The van der Waals surface area contributed by atoms with Crippen molar-refractivity contribution in [3.05, 3.63) is 65.2 Å². The zero-order chi connectivity index (χ0) is 18.7. The van der Waals surface area contributed by atoms with Crippen LogP contribution in [-0.4, -0.2) is 36.5 Å². The van der Waals surface area contributed by atoms with Gasteiger partial charge >= 0.3 is 0 Å². The van der Waals surface area contributed by atoms with Gasteiger partial charge in [-0.05, 0) is 50.4 Å². The van der Waals surface area contributed by atoms with E-state index in [1.165, 1.54) is 11.1 Å². The lowest BCUT2D eigenvalue weighted by Gasteiger charge is -2.24. The SMILES string of the molecule is Cc1ccc(NC(=O)C(C)N2C[C@@H](CN)[C@H](c3ccccc3)C2)c(C)c1. The molecule has 0 bridgehead atoms. The van der Waals surface area contributed by atoms with Crippen LogP contribution >= 0.6 is 0 Å². The minimum absolute atomic E-state index is 0.0430. The standard InChI is InChI=1S/C22H29N3O/c1-15-9-10-21(16(2)11-15)24-22(26)17(3)25-13-19(12-23)20(14-25)18-7-5-4-6-8-18/h4-11,17,19-20H,12-14,23H2,1-3H3,(H,24,26)/t17?,19-,20+/m1/s1. The van der Waals surface area contributed by atoms with Gasteiger partial charge in [-0.1, -0.05) is 48.0 Å². The van der Waals surface area contributed by atoms with Crippen molar-refractivity contribution in [2.24, 2.45) is 11.7 Å². The van der Waals surface area contributed by atoms with Gasteiger partial charge in [0.1, 0.15) is 0 Å². The van der Waals surface area contributed by atoms with E-state index in [2.05, 4.69) is 47.5 Å². The minimum Gasteiger partial charge on any atom is -0.330 e. The maximum absolute atomic E-state index is 12.8. The van der Waals surface area contributed by atoms with Crippen LogP contribution in [0.4, 0.5) is 5.69 Å². The van der Waals surface area contributed by atoms with Crippen LogP contribution in [0.2, 0.25) is 0 Å². The van der Waals surface area contributed by atoms with E-state index in [-0.39, 0.29) is 11.9 Å². The van der Waals surface area contributed by atoms with Crippen molar-refractivity contribution in [2.75, 3.05) is 25.0 Å². The van der Waals surface area contributed by atoms with Crippen LogP contribution in [-0.2, 0) is 4.79 Å². The van der Waals surface area contributed by atoms with E-state index in [9.17, 15) is 4.79 Å². The Morgan fingerprint density at radius 1 is 1.19 bits per heavy atom. The van der Waals surface area contributed by atoms with E-state index < -0.39 is 0 Å². The van der Waals surface area contributed by atoms with E-state index in [0.717, 1.165) is 24.3 Å². The van der Waals surface area contributed by atoms with Crippen molar-refractivity contribution in [2.45, 2.75) is 32.7 Å². The molecule has 1 fully saturated rings. The summed E-state index contributed by atoms with van der Waals surface area (Å²) in [5.41, 5.74) is 10.5. The lowest BCUT2D eigenvalue weighted by atomic mass is 9.89. The molecule has 1 unspecified atom stereocenters. The Morgan fingerprint density at radius 2 is 1.92 bits per heavy atom. The fourth-order valence-electron chi connectivity index (χ4n) is 3.89. The molecule has 0 saturated carbocycles. The van der Waals surface area contributed by atoms with E-state index in [0.29, 0.717) is 18.4 Å². The molecule has 138 valence electrons. The van der Waals surface area contributed by atoms with Gasteiger partial charge < -0.3 is 11.1 Å². The molecule has 1 aliphatic heterocycles. The molecule has 26 heavy (non-hydrogen) atoms. The van der Waals surface area contributed by atoms with Gasteiger partial charge in [0.2, 0.25) is 5.91 Å². The molecule has 1 heterocycles. The third-order valence-corrected chi connectivity index (χ3v) is 5.57. The molecule has 2 aromatic carbocycles. The Balaban J connectivity index is 1.69. The number of likely N-dealkylation sites (tertiary alicyclic amines) is 1. The molecule has 2 aromatic rings. The molecule has 4 heteroatoms. The Kier molecular flexibility index (Phi) is 5.74. The molecule has 1 saturated heterocycles. The molecule has 3 atom stereocenters. The summed E-state index contributed by atoms with van der Waals surface area (Å²) in [6.45, 7) is 8.44. The molecule has 3 rings (SSSR count). The highest BCUT2D eigenvalue weighted by Gasteiger charge is 2.36. The van der Waals surface area contributed by atoms with Crippen LogP contribution in [0.5, 0.6) is 0 Å². The Morgan fingerprint density at radius 3 is 2.58 bits per heavy atom. The number of nitrogens with zero attached hydrogens (tertiary/aromatic N) is 1. The number of carbonyl (C=O) groups excluding carboxylic acids is 1. The summed E-state index contributed by atoms with van der Waals surface area (Å²) in [5, 5.41) is 3.09. The van der Waals surface area contributed by atoms with Gasteiger partial charge in [-0.15, -0.1) is 0 Å². The first-order chi connectivity index (χ1) is 12.5. The van der Waals surface area contributed by atoms with Crippen molar-refractivity contribution in [1.82, 2.24) is 4.90 Å². The average molecular weight is 351 g/mol. The van der Waals surface area contributed by atoms with Crippen LogP contribution < -0.4 is 11.1 Å². The van der Waals surface area contributed by atoms with Crippen molar-refractivity contribution in [1.29, 1.82) is 0 Å². The average Bonchev–Trinajstić information content (AvgIpc) is 3.08. The predicted molar refractivity (Wildman–Crippen MR) is 107 cm³/mol. The molecule has 1 amide bonds. The zero-order valence-electron chi connectivity index (χ0n) is 15.9. The molecular formula is C22H29N3O. The number of carbonyl (C=O) groups is 1. The Hall–Kier alpha value is -2.17. The molecular weight excluding hydrogens is 322 g/mol. The predicted octanol–water partition coefficient (Wildman–Crippen LogP) is 3.30. The normalized spacial score (nSPS) is 21.5. The fraction of sp³-hybridized carbons (Fsp3) is 0.409. The van der Waals surface area contributed by atoms with Crippen molar-refractivity contribution >= 4 is 11.6 Å². The number of aryl methyl sites for hydroxylation is 2. The molecule has 0 aliphatic carbocycles. The summed E-state index contributed by atoms with van der Waals surface area (Å²) in [5.74, 6) is 0.813. The van der Waals surface area contributed by atoms with Crippen molar-refractivity contribution in [3.63, 3.8) is 0 Å².